The molecule has 0 radical (unpaired) electrons. The summed E-state index contributed by atoms with van der Waals surface area (Å²) in [5.74, 6) is 1.56. The number of rotatable bonds is 7. The van der Waals surface area contributed by atoms with Gasteiger partial charge in [0.1, 0.15) is 21.2 Å². The van der Waals surface area contributed by atoms with Gasteiger partial charge in [-0.3, -0.25) is 0 Å². The van der Waals surface area contributed by atoms with Crippen molar-refractivity contribution in [3.63, 3.8) is 0 Å². The SMILES string of the molecule is CCn1nc(C)c2nc(CCCl)n(CCCS(C)(=O)=O)c21. The maximum absolute atomic E-state index is 11.3. The summed E-state index contributed by atoms with van der Waals surface area (Å²) in [6.07, 6.45) is 2.49. The zero-order valence-electron chi connectivity index (χ0n) is 12.6. The van der Waals surface area contributed by atoms with Crippen molar-refractivity contribution in [2.45, 2.75) is 39.8 Å². The lowest BCUT2D eigenvalue weighted by molar-refractivity contribution is 0.582. The van der Waals surface area contributed by atoms with Crippen molar-refractivity contribution in [2.24, 2.45) is 0 Å². The molecule has 2 rings (SSSR count). The van der Waals surface area contributed by atoms with Crippen LogP contribution in [0.2, 0.25) is 0 Å². The number of nitrogens with zero attached hydrogens (tertiary/aromatic N) is 4. The van der Waals surface area contributed by atoms with E-state index in [1.165, 1.54) is 6.26 Å². The van der Waals surface area contributed by atoms with Gasteiger partial charge in [0.05, 0.1) is 11.4 Å². The molecule has 21 heavy (non-hydrogen) atoms. The van der Waals surface area contributed by atoms with Crippen LogP contribution in [-0.4, -0.2) is 45.6 Å². The molecule has 2 heterocycles. The molecule has 0 aliphatic heterocycles. The standard InChI is InChI=1S/C13H21ClN4O2S/c1-4-18-13-12(10(2)16-18)15-11(6-7-14)17(13)8-5-9-21(3,19)20/h4-9H2,1-3H3. The van der Waals surface area contributed by atoms with Crippen molar-refractivity contribution in [1.29, 1.82) is 0 Å². The summed E-state index contributed by atoms with van der Waals surface area (Å²) in [6.45, 7) is 5.33. The van der Waals surface area contributed by atoms with Crippen molar-refractivity contribution in [3.8, 4) is 0 Å². The summed E-state index contributed by atoms with van der Waals surface area (Å²) in [4.78, 5) is 4.63. The normalized spacial score (nSPS) is 12.4. The smallest absolute Gasteiger partial charge is 0.158 e. The van der Waals surface area contributed by atoms with Crippen LogP contribution >= 0.6 is 11.6 Å². The second-order valence-corrected chi connectivity index (χ2v) is 7.81. The van der Waals surface area contributed by atoms with Gasteiger partial charge in [0.15, 0.2) is 5.65 Å². The highest BCUT2D eigenvalue weighted by Gasteiger charge is 2.18. The zero-order chi connectivity index (χ0) is 15.6. The quantitative estimate of drug-likeness (QED) is 0.725. The first kappa shape index (κ1) is 16.3. The fourth-order valence-electron chi connectivity index (χ4n) is 2.49. The molecule has 0 fully saturated rings. The van der Waals surface area contributed by atoms with E-state index in [0.29, 0.717) is 25.3 Å². The van der Waals surface area contributed by atoms with E-state index in [1.807, 2.05) is 18.5 Å². The van der Waals surface area contributed by atoms with E-state index in [2.05, 4.69) is 14.6 Å². The number of hydrogen-bond acceptors (Lipinski definition) is 4. The summed E-state index contributed by atoms with van der Waals surface area (Å²) in [6, 6.07) is 0. The van der Waals surface area contributed by atoms with Gasteiger partial charge in [0.25, 0.3) is 0 Å². The molecule has 0 amide bonds. The van der Waals surface area contributed by atoms with E-state index in [1.54, 1.807) is 0 Å². The Morgan fingerprint density at radius 1 is 1.33 bits per heavy atom. The van der Waals surface area contributed by atoms with Crippen LogP contribution in [0.3, 0.4) is 0 Å². The van der Waals surface area contributed by atoms with Gasteiger partial charge in [-0.1, -0.05) is 0 Å². The molecule has 2 aromatic rings. The minimum absolute atomic E-state index is 0.173. The van der Waals surface area contributed by atoms with Crippen LogP contribution < -0.4 is 0 Å². The molecule has 0 N–H and O–H groups in total. The average molecular weight is 333 g/mol. The molecule has 0 spiro atoms. The van der Waals surface area contributed by atoms with Crippen LogP contribution in [0.1, 0.15) is 24.9 Å². The van der Waals surface area contributed by atoms with E-state index in [0.717, 1.165) is 29.2 Å². The van der Waals surface area contributed by atoms with Crippen LogP contribution in [0.15, 0.2) is 0 Å². The van der Waals surface area contributed by atoms with Gasteiger partial charge in [0, 0.05) is 31.6 Å². The minimum atomic E-state index is -2.95. The molecule has 0 saturated heterocycles. The number of imidazole rings is 1. The number of alkyl halides is 1. The lowest BCUT2D eigenvalue weighted by atomic mass is 10.4. The summed E-state index contributed by atoms with van der Waals surface area (Å²) in [5, 5.41) is 4.47. The Bertz CT molecular complexity index is 733. The van der Waals surface area contributed by atoms with E-state index < -0.39 is 9.84 Å². The molecule has 0 saturated carbocycles. The number of hydrogen-bond donors (Lipinski definition) is 0. The summed E-state index contributed by atoms with van der Waals surface area (Å²) in [5.41, 5.74) is 2.74. The van der Waals surface area contributed by atoms with Crippen molar-refractivity contribution >= 4 is 32.6 Å². The van der Waals surface area contributed by atoms with E-state index >= 15 is 0 Å². The molecular formula is C13H21ClN4O2S. The zero-order valence-corrected chi connectivity index (χ0v) is 14.2. The number of aryl methyl sites for hydroxylation is 4. The monoisotopic (exact) mass is 332 g/mol. The number of aromatic nitrogens is 4. The third-order valence-electron chi connectivity index (χ3n) is 3.39. The summed E-state index contributed by atoms with van der Waals surface area (Å²) in [7, 11) is -2.95. The van der Waals surface area contributed by atoms with Crippen LogP contribution in [-0.2, 0) is 29.3 Å². The highest BCUT2D eigenvalue weighted by molar-refractivity contribution is 7.90. The molecule has 0 unspecified atom stereocenters. The lowest BCUT2D eigenvalue weighted by Gasteiger charge is -2.09. The lowest BCUT2D eigenvalue weighted by Crippen LogP contribution is -2.12. The van der Waals surface area contributed by atoms with E-state index in [-0.39, 0.29) is 5.75 Å². The Morgan fingerprint density at radius 2 is 2.05 bits per heavy atom. The van der Waals surface area contributed by atoms with Crippen molar-refractivity contribution in [3.05, 3.63) is 11.5 Å². The molecule has 0 bridgehead atoms. The van der Waals surface area contributed by atoms with E-state index in [4.69, 9.17) is 11.6 Å². The maximum Gasteiger partial charge on any atom is 0.158 e. The molecule has 0 aromatic carbocycles. The third-order valence-corrected chi connectivity index (χ3v) is 4.61. The fraction of sp³-hybridized carbons (Fsp3) is 0.692. The van der Waals surface area contributed by atoms with Crippen molar-refractivity contribution in [2.75, 3.05) is 17.9 Å². The Morgan fingerprint density at radius 3 is 2.62 bits per heavy atom. The van der Waals surface area contributed by atoms with Crippen LogP contribution in [0, 0.1) is 6.92 Å². The summed E-state index contributed by atoms with van der Waals surface area (Å²) < 4.78 is 26.6. The predicted molar refractivity (Wildman–Crippen MR) is 84.7 cm³/mol. The first-order valence-corrected chi connectivity index (χ1v) is 9.63. The van der Waals surface area contributed by atoms with Gasteiger partial charge < -0.3 is 4.57 Å². The number of sulfone groups is 1. The highest BCUT2D eigenvalue weighted by Crippen LogP contribution is 2.21. The molecule has 8 heteroatoms. The van der Waals surface area contributed by atoms with Gasteiger partial charge in [0.2, 0.25) is 0 Å². The van der Waals surface area contributed by atoms with Gasteiger partial charge in [-0.2, -0.15) is 5.10 Å². The topological polar surface area (TPSA) is 69.8 Å². The van der Waals surface area contributed by atoms with E-state index in [9.17, 15) is 8.42 Å². The van der Waals surface area contributed by atoms with Gasteiger partial charge in [-0.15, -0.1) is 11.6 Å². The molecule has 6 nitrogen and oxygen atoms in total. The Kier molecular flexibility index (Phi) is 4.93. The van der Waals surface area contributed by atoms with Gasteiger partial charge >= 0.3 is 0 Å². The Balaban J connectivity index is 2.39. The maximum atomic E-state index is 11.3. The molecule has 0 aliphatic rings. The highest BCUT2D eigenvalue weighted by atomic mass is 35.5. The van der Waals surface area contributed by atoms with Crippen LogP contribution in [0.25, 0.3) is 11.2 Å². The van der Waals surface area contributed by atoms with Gasteiger partial charge in [-0.25, -0.2) is 18.1 Å². The number of halogens is 1. The second kappa shape index (κ2) is 6.36. The van der Waals surface area contributed by atoms with Crippen LogP contribution in [0.4, 0.5) is 0 Å². The van der Waals surface area contributed by atoms with Crippen LogP contribution in [0.5, 0.6) is 0 Å². The second-order valence-electron chi connectivity index (χ2n) is 5.18. The Labute approximate surface area is 130 Å². The molecule has 0 aliphatic carbocycles. The Hall–Kier alpha value is -1.08. The predicted octanol–water partition coefficient (Wildman–Crippen LogP) is 1.78. The molecular weight excluding hydrogens is 312 g/mol. The summed E-state index contributed by atoms with van der Waals surface area (Å²) >= 11 is 5.85. The minimum Gasteiger partial charge on any atom is -0.313 e. The first-order chi connectivity index (χ1) is 9.87. The largest absolute Gasteiger partial charge is 0.313 e. The third kappa shape index (κ3) is 3.58. The molecule has 118 valence electrons. The van der Waals surface area contributed by atoms with Crippen molar-refractivity contribution in [1.82, 2.24) is 19.3 Å². The van der Waals surface area contributed by atoms with Crippen molar-refractivity contribution < 1.29 is 8.42 Å². The number of fused-ring (bicyclic) bond motifs is 1. The average Bonchev–Trinajstić information content (AvgIpc) is 2.88. The fourth-order valence-corrected chi connectivity index (χ4v) is 3.31. The molecule has 2 aromatic heterocycles. The molecule has 0 atom stereocenters. The first-order valence-electron chi connectivity index (χ1n) is 7.03. The van der Waals surface area contributed by atoms with Gasteiger partial charge in [-0.05, 0) is 20.3 Å².